The minimum atomic E-state index is -0.191. The van der Waals surface area contributed by atoms with Crippen molar-refractivity contribution in [2.75, 3.05) is 19.7 Å². The second-order valence-corrected chi connectivity index (χ2v) is 6.75. The third-order valence-corrected chi connectivity index (χ3v) is 3.81. The van der Waals surface area contributed by atoms with Crippen molar-refractivity contribution >= 4 is 0 Å². The zero-order valence-electron chi connectivity index (χ0n) is 13.1. The standard InChI is InChI=1S/C17H27NO2/c1-13(2)15-7-5-14(6-8-15)9-18-10-16(11-19)20-17(3,4)12-18/h5-8,13,16,19H,9-12H2,1-4H3. The van der Waals surface area contributed by atoms with E-state index in [-0.39, 0.29) is 18.3 Å². The Labute approximate surface area is 122 Å². The summed E-state index contributed by atoms with van der Waals surface area (Å²) in [7, 11) is 0. The van der Waals surface area contributed by atoms with Crippen LogP contribution in [0, 0.1) is 0 Å². The zero-order valence-corrected chi connectivity index (χ0v) is 13.1. The molecule has 1 heterocycles. The summed E-state index contributed by atoms with van der Waals surface area (Å²) < 4.78 is 5.85. The van der Waals surface area contributed by atoms with Gasteiger partial charge in [-0.25, -0.2) is 0 Å². The number of hydrogen-bond donors (Lipinski definition) is 1. The molecule has 0 amide bonds. The van der Waals surface area contributed by atoms with Gasteiger partial charge in [-0.3, -0.25) is 4.90 Å². The van der Waals surface area contributed by atoms with Gasteiger partial charge in [-0.1, -0.05) is 38.1 Å². The molecule has 3 nitrogen and oxygen atoms in total. The summed E-state index contributed by atoms with van der Waals surface area (Å²) in [4.78, 5) is 2.37. The number of rotatable bonds is 4. The van der Waals surface area contributed by atoms with Crippen LogP contribution in [0.25, 0.3) is 0 Å². The molecule has 3 heteroatoms. The number of aliphatic hydroxyl groups excluding tert-OH is 1. The first-order valence-electron chi connectivity index (χ1n) is 7.49. The molecule has 1 aromatic carbocycles. The van der Waals surface area contributed by atoms with Gasteiger partial charge in [-0.05, 0) is 30.9 Å². The molecule has 2 rings (SSSR count). The van der Waals surface area contributed by atoms with E-state index in [1.807, 2.05) is 0 Å². The summed E-state index contributed by atoms with van der Waals surface area (Å²) in [5.41, 5.74) is 2.51. The largest absolute Gasteiger partial charge is 0.394 e. The van der Waals surface area contributed by atoms with E-state index in [4.69, 9.17) is 4.74 Å². The van der Waals surface area contributed by atoms with Gasteiger partial charge in [0.1, 0.15) is 0 Å². The summed E-state index contributed by atoms with van der Waals surface area (Å²) in [5, 5.41) is 9.35. The number of nitrogens with zero attached hydrogens (tertiary/aromatic N) is 1. The summed E-state index contributed by atoms with van der Waals surface area (Å²) in [6, 6.07) is 8.86. The van der Waals surface area contributed by atoms with Crippen molar-refractivity contribution in [3.05, 3.63) is 35.4 Å². The van der Waals surface area contributed by atoms with Gasteiger partial charge in [-0.15, -0.1) is 0 Å². The third kappa shape index (κ3) is 4.05. The molecule has 0 aliphatic carbocycles. The molecule has 1 unspecified atom stereocenters. The van der Waals surface area contributed by atoms with Crippen LogP contribution in [0.5, 0.6) is 0 Å². The lowest BCUT2D eigenvalue weighted by Crippen LogP contribution is -2.53. The summed E-state index contributed by atoms with van der Waals surface area (Å²) in [6.07, 6.45) is -0.0753. The molecule has 0 spiro atoms. The van der Waals surface area contributed by atoms with E-state index >= 15 is 0 Å². The fraction of sp³-hybridized carbons (Fsp3) is 0.647. The smallest absolute Gasteiger partial charge is 0.0940 e. The first kappa shape index (κ1) is 15.5. The van der Waals surface area contributed by atoms with Gasteiger partial charge in [0.2, 0.25) is 0 Å². The van der Waals surface area contributed by atoms with Crippen molar-refractivity contribution in [1.29, 1.82) is 0 Å². The van der Waals surface area contributed by atoms with E-state index < -0.39 is 0 Å². The summed E-state index contributed by atoms with van der Waals surface area (Å²) >= 11 is 0. The van der Waals surface area contributed by atoms with Crippen LogP contribution in [0.15, 0.2) is 24.3 Å². The molecule has 1 aliphatic rings. The lowest BCUT2D eigenvalue weighted by Gasteiger charge is -2.42. The van der Waals surface area contributed by atoms with Crippen molar-refractivity contribution in [3.63, 3.8) is 0 Å². The van der Waals surface area contributed by atoms with E-state index in [2.05, 4.69) is 56.9 Å². The molecular weight excluding hydrogens is 250 g/mol. The average Bonchev–Trinajstić information content (AvgIpc) is 2.37. The Kier molecular flexibility index (Phi) is 4.84. The summed E-state index contributed by atoms with van der Waals surface area (Å²) in [5.74, 6) is 0.574. The number of hydrogen-bond acceptors (Lipinski definition) is 3. The molecule has 1 atom stereocenters. The van der Waals surface area contributed by atoms with Crippen LogP contribution in [0.1, 0.15) is 44.7 Å². The number of ether oxygens (including phenoxy) is 1. The molecule has 1 saturated heterocycles. The topological polar surface area (TPSA) is 32.7 Å². The molecule has 1 aromatic rings. The first-order chi connectivity index (χ1) is 9.39. The molecule has 1 fully saturated rings. The number of aliphatic hydroxyl groups is 1. The lowest BCUT2D eigenvalue weighted by molar-refractivity contribution is -0.150. The molecule has 1 N–H and O–H groups in total. The Morgan fingerprint density at radius 2 is 1.95 bits per heavy atom. The van der Waals surface area contributed by atoms with Crippen LogP contribution in [0.2, 0.25) is 0 Å². The van der Waals surface area contributed by atoms with Crippen molar-refractivity contribution < 1.29 is 9.84 Å². The van der Waals surface area contributed by atoms with Crippen molar-refractivity contribution in [2.24, 2.45) is 0 Å². The second-order valence-electron chi connectivity index (χ2n) is 6.75. The maximum absolute atomic E-state index is 9.35. The minimum absolute atomic E-state index is 0.0753. The lowest BCUT2D eigenvalue weighted by atomic mass is 10.0. The van der Waals surface area contributed by atoms with Gasteiger partial charge < -0.3 is 9.84 Å². The molecule has 0 bridgehead atoms. The molecule has 0 aromatic heterocycles. The highest BCUT2D eigenvalue weighted by Gasteiger charge is 2.32. The quantitative estimate of drug-likeness (QED) is 0.918. The number of morpholine rings is 1. The SMILES string of the molecule is CC(C)c1ccc(CN2CC(CO)OC(C)(C)C2)cc1. The van der Waals surface area contributed by atoms with E-state index in [1.54, 1.807) is 0 Å². The Balaban J connectivity index is 2.01. The Hall–Kier alpha value is -0.900. The average molecular weight is 277 g/mol. The highest BCUT2D eigenvalue weighted by atomic mass is 16.5. The molecule has 20 heavy (non-hydrogen) atoms. The fourth-order valence-electron chi connectivity index (χ4n) is 2.90. The van der Waals surface area contributed by atoms with E-state index in [9.17, 15) is 5.11 Å². The van der Waals surface area contributed by atoms with E-state index in [0.29, 0.717) is 5.92 Å². The molecular formula is C17H27NO2. The van der Waals surface area contributed by atoms with Crippen molar-refractivity contribution in [2.45, 2.75) is 51.9 Å². The van der Waals surface area contributed by atoms with Crippen LogP contribution >= 0.6 is 0 Å². The highest BCUT2D eigenvalue weighted by molar-refractivity contribution is 5.24. The first-order valence-corrected chi connectivity index (χ1v) is 7.49. The molecule has 1 aliphatic heterocycles. The maximum atomic E-state index is 9.35. The Morgan fingerprint density at radius 1 is 1.30 bits per heavy atom. The molecule has 0 radical (unpaired) electrons. The monoisotopic (exact) mass is 277 g/mol. The predicted octanol–water partition coefficient (Wildman–Crippen LogP) is 2.78. The van der Waals surface area contributed by atoms with Gasteiger partial charge in [0.05, 0.1) is 18.3 Å². The number of benzene rings is 1. The van der Waals surface area contributed by atoms with Crippen LogP contribution in [-0.2, 0) is 11.3 Å². The van der Waals surface area contributed by atoms with Gasteiger partial charge >= 0.3 is 0 Å². The van der Waals surface area contributed by atoms with E-state index in [1.165, 1.54) is 11.1 Å². The Bertz CT molecular complexity index is 425. The second kappa shape index (κ2) is 6.25. The maximum Gasteiger partial charge on any atom is 0.0940 e. The van der Waals surface area contributed by atoms with Gasteiger partial charge in [0.25, 0.3) is 0 Å². The fourth-order valence-corrected chi connectivity index (χ4v) is 2.90. The van der Waals surface area contributed by atoms with E-state index in [0.717, 1.165) is 19.6 Å². The minimum Gasteiger partial charge on any atom is -0.394 e. The van der Waals surface area contributed by atoms with Gasteiger partial charge in [-0.2, -0.15) is 0 Å². The third-order valence-electron chi connectivity index (χ3n) is 3.81. The normalized spacial score (nSPS) is 23.2. The van der Waals surface area contributed by atoms with Crippen LogP contribution in [0.3, 0.4) is 0 Å². The van der Waals surface area contributed by atoms with Crippen LogP contribution < -0.4 is 0 Å². The molecule has 112 valence electrons. The van der Waals surface area contributed by atoms with Gasteiger partial charge in [0, 0.05) is 19.6 Å². The van der Waals surface area contributed by atoms with Gasteiger partial charge in [0.15, 0.2) is 0 Å². The van der Waals surface area contributed by atoms with Crippen LogP contribution in [0.4, 0.5) is 0 Å². The predicted molar refractivity (Wildman–Crippen MR) is 81.8 cm³/mol. The van der Waals surface area contributed by atoms with Crippen LogP contribution in [-0.4, -0.2) is 41.4 Å². The summed E-state index contributed by atoms with van der Waals surface area (Å²) in [6.45, 7) is 11.3. The highest BCUT2D eigenvalue weighted by Crippen LogP contribution is 2.23. The van der Waals surface area contributed by atoms with Crippen molar-refractivity contribution in [3.8, 4) is 0 Å². The Morgan fingerprint density at radius 3 is 2.50 bits per heavy atom. The zero-order chi connectivity index (χ0) is 14.8. The van der Waals surface area contributed by atoms with Crippen molar-refractivity contribution in [1.82, 2.24) is 4.90 Å². The molecule has 0 saturated carbocycles.